The monoisotopic (exact) mass is 326 g/mol. The SMILES string of the molecule is CCCCc1ccc(C(=O)N2CCN(Cc3ccco3)CC2)cc1. The highest BCUT2D eigenvalue weighted by molar-refractivity contribution is 5.94. The zero-order valence-electron chi connectivity index (χ0n) is 14.4. The molecule has 0 spiro atoms. The second kappa shape index (κ2) is 8.15. The van der Waals surface area contributed by atoms with Gasteiger partial charge in [0.1, 0.15) is 5.76 Å². The molecule has 24 heavy (non-hydrogen) atoms. The van der Waals surface area contributed by atoms with E-state index in [4.69, 9.17) is 4.42 Å². The minimum Gasteiger partial charge on any atom is -0.468 e. The Morgan fingerprint density at radius 2 is 1.83 bits per heavy atom. The number of nitrogens with zero attached hydrogens (tertiary/aromatic N) is 2. The molecule has 3 rings (SSSR count). The lowest BCUT2D eigenvalue weighted by atomic mass is 10.1. The highest BCUT2D eigenvalue weighted by atomic mass is 16.3. The van der Waals surface area contributed by atoms with Crippen molar-refractivity contribution in [1.82, 2.24) is 9.80 Å². The first kappa shape index (κ1) is 16.8. The molecule has 2 heterocycles. The molecule has 128 valence electrons. The minimum atomic E-state index is 0.148. The van der Waals surface area contributed by atoms with Gasteiger partial charge in [0.2, 0.25) is 0 Å². The van der Waals surface area contributed by atoms with Gasteiger partial charge in [-0.1, -0.05) is 25.5 Å². The van der Waals surface area contributed by atoms with Gasteiger partial charge < -0.3 is 9.32 Å². The van der Waals surface area contributed by atoms with Crippen LogP contribution in [-0.2, 0) is 13.0 Å². The van der Waals surface area contributed by atoms with Crippen LogP contribution in [0.15, 0.2) is 47.1 Å². The van der Waals surface area contributed by atoms with E-state index in [-0.39, 0.29) is 5.91 Å². The summed E-state index contributed by atoms with van der Waals surface area (Å²) in [5, 5.41) is 0. The van der Waals surface area contributed by atoms with Crippen molar-refractivity contribution in [3.63, 3.8) is 0 Å². The molecule has 0 aliphatic carbocycles. The van der Waals surface area contributed by atoms with Gasteiger partial charge in [0.15, 0.2) is 0 Å². The Bertz CT molecular complexity index is 626. The first-order chi connectivity index (χ1) is 11.8. The Balaban J connectivity index is 1.51. The molecule has 0 N–H and O–H groups in total. The van der Waals surface area contributed by atoms with Crippen LogP contribution in [-0.4, -0.2) is 41.9 Å². The summed E-state index contributed by atoms with van der Waals surface area (Å²) in [4.78, 5) is 16.9. The Morgan fingerprint density at radius 3 is 2.46 bits per heavy atom. The van der Waals surface area contributed by atoms with Crippen LogP contribution in [0.1, 0.15) is 41.4 Å². The van der Waals surface area contributed by atoms with Gasteiger partial charge in [-0.05, 0) is 42.7 Å². The number of benzene rings is 1. The van der Waals surface area contributed by atoms with Crippen LogP contribution in [0.5, 0.6) is 0 Å². The average molecular weight is 326 g/mol. The fourth-order valence-electron chi connectivity index (χ4n) is 3.11. The quantitative estimate of drug-likeness (QED) is 0.814. The summed E-state index contributed by atoms with van der Waals surface area (Å²) in [6, 6.07) is 12.0. The Labute approximate surface area is 144 Å². The highest BCUT2D eigenvalue weighted by Gasteiger charge is 2.22. The van der Waals surface area contributed by atoms with Crippen LogP contribution < -0.4 is 0 Å². The van der Waals surface area contributed by atoms with Gasteiger partial charge in [0, 0.05) is 31.7 Å². The number of furan rings is 1. The Kier molecular flexibility index (Phi) is 5.70. The van der Waals surface area contributed by atoms with Crippen LogP contribution in [0.4, 0.5) is 0 Å². The van der Waals surface area contributed by atoms with E-state index in [1.54, 1.807) is 6.26 Å². The Morgan fingerprint density at radius 1 is 1.08 bits per heavy atom. The number of hydrogen-bond donors (Lipinski definition) is 0. The molecule has 1 aliphatic heterocycles. The van der Waals surface area contributed by atoms with E-state index >= 15 is 0 Å². The van der Waals surface area contributed by atoms with Crippen molar-refractivity contribution < 1.29 is 9.21 Å². The van der Waals surface area contributed by atoms with E-state index in [0.717, 1.165) is 50.5 Å². The maximum absolute atomic E-state index is 12.6. The second-order valence-electron chi connectivity index (χ2n) is 6.45. The summed E-state index contributed by atoms with van der Waals surface area (Å²) in [6.45, 7) is 6.35. The predicted molar refractivity (Wildman–Crippen MR) is 94.9 cm³/mol. The van der Waals surface area contributed by atoms with Crippen molar-refractivity contribution >= 4 is 5.91 Å². The van der Waals surface area contributed by atoms with Crippen molar-refractivity contribution in [3.8, 4) is 0 Å². The zero-order chi connectivity index (χ0) is 16.8. The third kappa shape index (κ3) is 4.26. The van der Waals surface area contributed by atoms with E-state index in [2.05, 4.69) is 24.0 Å². The van der Waals surface area contributed by atoms with Crippen molar-refractivity contribution in [2.24, 2.45) is 0 Å². The lowest BCUT2D eigenvalue weighted by Gasteiger charge is -2.34. The molecule has 0 bridgehead atoms. The van der Waals surface area contributed by atoms with Gasteiger partial charge in [-0.25, -0.2) is 0 Å². The fourth-order valence-corrected chi connectivity index (χ4v) is 3.11. The number of carbonyl (C=O) groups excluding carboxylic acids is 1. The molecular weight excluding hydrogens is 300 g/mol. The first-order valence-corrected chi connectivity index (χ1v) is 8.89. The van der Waals surface area contributed by atoms with Gasteiger partial charge in [0.05, 0.1) is 12.8 Å². The summed E-state index contributed by atoms with van der Waals surface area (Å²) in [5.41, 5.74) is 2.12. The molecule has 0 unspecified atom stereocenters. The summed E-state index contributed by atoms with van der Waals surface area (Å²) < 4.78 is 5.40. The zero-order valence-corrected chi connectivity index (χ0v) is 14.4. The molecule has 0 radical (unpaired) electrons. The van der Waals surface area contributed by atoms with E-state index in [1.807, 2.05) is 29.2 Å². The predicted octanol–water partition coefficient (Wildman–Crippen LogP) is 3.58. The van der Waals surface area contributed by atoms with Gasteiger partial charge in [-0.15, -0.1) is 0 Å². The number of carbonyl (C=O) groups is 1. The summed E-state index contributed by atoms with van der Waals surface area (Å²) >= 11 is 0. The molecule has 1 aromatic heterocycles. The first-order valence-electron chi connectivity index (χ1n) is 8.89. The van der Waals surface area contributed by atoms with E-state index < -0.39 is 0 Å². The third-order valence-electron chi connectivity index (χ3n) is 4.64. The van der Waals surface area contributed by atoms with Gasteiger partial charge >= 0.3 is 0 Å². The summed E-state index contributed by atoms with van der Waals surface area (Å²) in [6.07, 6.45) is 5.20. The fraction of sp³-hybridized carbons (Fsp3) is 0.450. The van der Waals surface area contributed by atoms with Crippen LogP contribution in [0.3, 0.4) is 0 Å². The molecule has 0 atom stereocenters. The van der Waals surface area contributed by atoms with Crippen LogP contribution in [0, 0.1) is 0 Å². The normalized spacial score (nSPS) is 15.6. The van der Waals surface area contributed by atoms with Crippen molar-refractivity contribution in [1.29, 1.82) is 0 Å². The maximum atomic E-state index is 12.6. The lowest BCUT2D eigenvalue weighted by molar-refractivity contribution is 0.0620. The molecule has 1 amide bonds. The van der Waals surface area contributed by atoms with E-state index in [9.17, 15) is 4.79 Å². The van der Waals surface area contributed by atoms with Gasteiger partial charge in [-0.2, -0.15) is 0 Å². The molecule has 0 saturated carbocycles. The average Bonchev–Trinajstić information content (AvgIpc) is 3.13. The topological polar surface area (TPSA) is 36.7 Å². The summed E-state index contributed by atoms with van der Waals surface area (Å²) in [7, 11) is 0. The number of piperazine rings is 1. The molecule has 4 heteroatoms. The van der Waals surface area contributed by atoms with Crippen LogP contribution >= 0.6 is 0 Å². The third-order valence-corrected chi connectivity index (χ3v) is 4.64. The number of unbranched alkanes of at least 4 members (excludes halogenated alkanes) is 1. The molecular formula is C20H26N2O2. The number of amides is 1. The molecule has 1 fully saturated rings. The van der Waals surface area contributed by atoms with Crippen LogP contribution in [0.2, 0.25) is 0 Å². The van der Waals surface area contributed by atoms with Crippen LogP contribution in [0.25, 0.3) is 0 Å². The number of hydrogen-bond acceptors (Lipinski definition) is 3. The molecule has 4 nitrogen and oxygen atoms in total. The number of aryl methyl sites for hydroxylation is 1. The summed E-state index contributed by atoms with van der Waals surface area (Å²) in [5.74, 6) is 1.13. The van der Waals surface area contributed by atoms with E-state index in [1.165, 1.54) is 18.4 Å². The highest BCUT2D eigenvalue weighted by Crippen LogP contribution is 2.13. The van der Waals surface area contributed by atoms with Crippen molar-refractivity contribution in [3.05, 3.63) is 59.5 Å². The molecule has 1 aromatic carbocycles. The molecule has 1 saturated heterocycles. The van der Waals surface area contributed by atoms with Gasteiger partial charge in [0.25, 0.3) is 5.91 Å². The van der Waals surface area contributed by atoms with Crippen molar-refractivity contribution in [2.75, 3.05) is 26.2 Å². The van der Waals surface area contributed by atoms with Gasteiger partial charge in [-0.3, -0.25) is 9.69 Å². The van der Waals surface area contributed by atoms with Crippen molar-refractivity contribution in [2.45, 2.75) is 32.7 Å². The smallest absolute Gasteiger partial charge is 0.253 e. The Hall–Kier alpha value is -2.07. The standard InChI is InChI=1S/C20H26N2O2/c1-2-3-5-17-7-9-18(10-8-17)20(23)22-13-11-21(12-14-22)16-19-6-4-15-24-19/h4,6-10,15H,2-3,5,11-14,16H2,1H3. The maximum Gasteiger partial charge on any atom is 0.253 e. The number of rotatable bonds is 6. The minimum absolute atomic E-state index is 0.148. The molecule has 1 aliphatic rings. The largest absolute Gasteiger partial charge is 0.468 e. The molecule has 2 aromatic rings. The van der Waals surface area contributed by atoms with E-state index in [0.29, 0.717) is 0 Å². The second-order valence-corrected chi connectivity index (χ2v) is 6.45. The lowest BCUT2D eigenvalue weighted by Crippen LogP contribution is -2.48.